The van der Waals surface area contributed by atoms with E-state index in [1.165, 1.54) is 0 Å². The van der Waals surface area contributed by atoms with Gasteiger partial charge in [-0.15, -0.1) is 0 Å². The van der Waals surface area contributed by atoms with E-state index in [0.29, 0.717) is 5.52 Å². The molecule has 0 aliphatic carbocycles. The maximum atomic E-state index is 11.1. The highest BCUT2D eigenvalue weighted by molar-refractivity contribution is 7.90. The van der Waals surface area contributed by atoms with E-state index in [-0.39, 0.29) is 5.16 Å². The van der Waals surface area contributed by atoms with Crippen LogP contribution in [0.1, 0.15) is 0 Å². The van der Waals surface area contributed by atoms with Crippen LogP contribution in [0, 0.1) is 0 Å². The topological polar surface area (TPSA) is 62.8 Å². The first-order chi connectivity index (χ1) is 6.07. The van der Waals surface area contributed by atoms with E-state index in [1.807, 2.05) is 12.1 Å². The lowest BCUT2D eigenvalue weighted by molar-refractivity contribution is 0.595. The molecule has 1 heterocycles. The quantitative estimate of drug-likeness (QED) is 0.739. The summed E-state index contributed by atoms with van der Waals surface area (Å²) in [5.74, 6) is 0. The molecule has 0 radical (unpaired) electrons. The average Bonchev–Trinajstić information content (AvgIpc) is 2.45. The Labute approximate surface area is 75.5 Å². The molecule has 1 aromatic carbocycles. The van der Waals surface area contributed by atoms with Gasteiger partial charge in [-0.1, -0.05) is 12.1 Å². The number of nitrogens with one attached hydrogen (secondary N) is 1. The molecule has 0 unspecified atom stereocenters. The van der Waals surface area contributed by atoms with Crippen molar-refractivity contribution in [2.45, 2.75) is 5.16 Å². The van der Waals surface area contributed by atoms with Gasteiger partial charge in [0.15, 0.2) is 0 Å². The highest BCUT2D eigenvalue weighted by Gasteiger charge is 2.11. The van der Waals surface area contributed by atoms with Crippen molar-refractivity contribution in [1.82, 2.24) is 9.97 Å². The number of benzene rings is 1. The van der Waals surface area contributed by atoms with E-state index in [1.54, 1.807) is 12.1 Å². The Balaban J connectivity index is 2.77. The lowest BCUT2D eigenvalue weighted by Gasteiger charge is -1.86. The number of fused-ring (bicyclic) bond motifs is 1. The third-order valence-corrected chi connectivity index (χ3v) is 2.61. The number of hydrogen-bond acceptors (Lipinski definition) is 3. The number of nitrogens with zero attached hydrogens (tertiary/aromatic N) is 1. The molecule has 5 heteroatoms. The molecule has 0 atom stereocenters. The van der Waals surface area contributed by atoms with Gasteiger partial charge in [-0.05, 0) is 12.1 Å². The Morgan fingerprint density at radius 3 is 2.62 bits per heavy atom. The number of sulfone groups is 1. The Bertz CT molecular complexity index is 509. The number of aromatic amines is 1. The van der Waals surface area contributed by atoms with E-state index < -0.39 is 9.84 Å². The molecule has 0 amide bonds. The maximum Gasteiger partial charge on any atom is 0.225 e. The third kappa shape index (κ3) is 1.42. The molecule has 68 valence electrons. The fourth-order valence-corrected chi connectivity index (χ4v) is 1.66. The predicted molar refractivity (Wildman–Crippen MR) is 49.2 cm³/mol. The van der Waals surface area contributed by atoms with Crippen LogP contribution >= 0.6 is 0 Å². The van der Waals surface area contributed by atoms with Crippen molar-refractivity contribution in [3.63, 3.8) is 0 Å². The molecule has 0 spiro atoms. The molecular formula is C8H8N2O2S. The summed E-state index contributed by atoms with van der Waals surface area (Å²) < 4.78 is 22.2. The fourth-order valence-electron chi connectivity index (χ4n) is 1.11. The summed E-state index contributed by atoms with van der Waals surface area (Å²) in [6.07, 6.45) is 1.13. The van der Waals surface area contributed by atoms with Gasteiger partial charge in [-0.25, -0.2) is 13.4 Å². The third-order valence-electron chi connectivity index (χ3n) is 1.72. The van der Waals surface area contributed by atoms with E-state index in [9.17, 15) is 8.42 Å². The van der Waals surface area contributed by atoms with Crippen molar-refractivity contribution in [1.29, 1.82) is 0 Å². The minimum atomic E-state index is -3.23. The molecule has 0 bridgehead atoms. The molecular weight excluding hydrogens is 188 g/mol. The van der Waals surface area contributed by atoms with Crippen molar-refractivity contribution >= 4 is 20.9 Å². The van der Waals surface area contributed by atoms with Crippen LogP contribution in [0.2, 0.25) is 0 Å². The highest BCUT2D eigenvalue weighted by Crippen LogP contribution is 2.12. The zero-order valence-corrected chi connectivity index (χ0v) is 7.80. The van der Waals surface area contributed by atoms with Gasteiger partial charge in [0, 0.05) is 6.26 Å². The van der Waals surface area contributed by atoms with Gasteiger partial charge >= 0.3 is 0 Å². The summed E-state index contributed by atoms with van der Waals surface area (Å²) in [5.41, 5.74) is 1.41. The molecule has 0 aliphatic heterocycles. The molecule has 2 aromatic rings. The summed E-state index contributed by atoms with van der Waals surface area (Å²) in [7, 11) is -3.23. The first-order valence-electron chi connectivity index (χ1n) is 3.72. The van der Waals surface area contributed by atoms with E-state index in [0.717, 1.165) is 11.8 Å². The van der Waals surface area contributed by atoms with Crippen LogP contribution in [-0.4, -0.2) is 24.6 Å². The Kier molecular flexibility index (Phi) is 1.63. The standard InChI is InChI=1S/C8H8N2O2S/c1-13(11,12)8-9-6-4-2-3-5-7(6)10-8/h2-5H,1H3,(H,9,10). The number of aromatic nitrogens is 2. The minimum absolute atomic E-state index is 0.0219. The zero-order chi connectivity index (χ0) is 9.47. The monoisotopic (exact) mass is 196 g/mol. The van der Waals surface area contributed by atoms with Gasteiger partial charge < -0.3 is 4.98 Å². The van der Waals surface area contributed by atoms with Gasteiger partial charge in [0.25, 0.3) is 0 Å². The molecule has 0 fully saturated rings. The second-order valence-corrected chi connectivity index (χ2v) is 4.76. The van der Waals surface area contributed by atoms with Gasteiger partial charge in [0.1, 0.15) is 0 Å². The first kappa shape index (κ1) is 8.25. The zero-order valence-electron chi connectivity index (χ0n) is 6.98. The molecule has 0 saturated heterocycles. The van der Waals surface area contributed by atoms with Crippen LogP contribution in [0.15, 0.2) is 29.4 Å². The lowest BCUT2D eigenvalue weighted by Crippen LogP contribution is -1.98. The number of rotatable bonds is 1. The lowest BCUT2D eigenvalue weighted by atomic mass is 10.3. The maximum absolute atomic E-state index is 11.1. The number of H-pyrrole nitrogens is 1. The predicted octanol–water partition coefficient (Wildman–Crippen LogP) is 0.966. The normalized spacial score (nSPS) is 12.1. The molecule has 0 saturated carbocycles. The second-order valence-electron chi connectivity index (χ2n) is 2.83. The van der Waals surface area contributed by atoms with Crippen molar-refractivity contribution < 1.29 is 8.42 Å². The van der Waals surface area contributed by atoms with E-state index >= 15 is 0 Å². The van der Waals surface area contributed by atoms with Crippen LogP contribution in [0.5, 0.6) is 0 Å². The van der Waals surface area contributed by atoms with Crippen molar-refractivity contribution in [2.24, 2.45) is 0 Å². The Morgan fingerprint density at radius 2 is 2.00 bits per heavy atom. The Hall–Kier alpha value is -1.36. The van der Waals surface area contributed by atoms with Gasteiger partial charge in [-0.3, -0.25) is 0 Å². The highest BCUT2D eigenvalue weighted by atomic mass is 32.2. The van der Waals surface area contributed by atoms with E-state index in [4.69, 9.17) is 0 Å². The van der Waals surface area contributed by atoms with Crippen molar-refractivity contribution in [3.8, 4) is 0 Å². The SMILES string of the molecule is CS(=O)(=O)c1nc2ccccc2[nH]1. The fraction of sp³-hybridized carbons (Fsp3) is 0.125. The van der Waals surface area contributed by atoms with Crippen LogP contribution in [0.4, 0.5) is 0 Å². The molecule has 1 aromatic heterocycles. The molecule has 1 N–H and O–H groups in total. The molecule has 0 aliphatic rings. The summed E-state index contributed by atoms with van der Waals surface area (Å²) in [6.45, 7) is 0. The largest absolute Gasteiger partial charge is 0.329 e. The van der Waals surface area contributed by atoms with Crippen LogP contribution in [-0.2, 0) is 9.84 Å². The van der Waals surface area contributed by atoms with Crippen LogP contribution in [0.25, 0.3) is 11.0 Å². The summed E-state index contributed by atoms with van der Waals surface area (Å²) in [4.78, 5) is 6.68. The number of hydrogen-bond donors (Lipinski definition) is 1. The van der Waals surface area contributed by atoms with Gasteiger partial charge in [-0.2, -0.15) is 0 Å². The van der Waals surface area contributed by atoms with Crippen LogP contribution < -0.4 is 0 Å². The smallest absolute Gasteiger partial charge is 0.225 e. The minimum Gasteiger partial charge on any atom is -0.329 e. The first-order valence-corrected chi connectivity index (χ1v) is 5.61. The number of para-hydroxylation sites is 2. The van der Waals surface area contributed by atoms with Crippen molar-refractivity contribution in [3.05, 3.63) is 24.3 Å². The number of imidazole rings is 1. The second kappa shape index (κ2) is 2.56. The van der Waals surface area contributed by atoms with Crippen LogP contribution in [0.3, 0.4) is 0 Å². The van der Waals surface area contributed by atoms with Gasteiger partial charge in [0.2, 0.25) is 15.0 Å². The Morgan fingerprint density at radius 1 is 1.31 bits per heavy atom. The summed E-state index contributed by atoms with van der Waals surface area (Å²) >= 11 is 0. The molecule has 13 heavy (non-hydrogen) atoms. The summed E-state index contributed by atoms with van der Waals surface area (Å²) in [5, 5.41) is 0.0219. The van der Waals surface area contributed by atoms with Crippen molar-refractivity contribution in [2.75, 3.05) is 6.26 Å². The molecule has 2 rings (SSSR count). The van der Waals surface area contributed by atoms with Gasteiger partial charge in [0.05, 0.1) is 11.0 Å². The van der Waals surface area contributed by atoms with E-state index in [2.05, 4.69) is 9.97 Å². The molecule has 4 nitrogen and oxygen atoms in total. The summed E-state index contributed by atoms with van der Waals surface area (Å²) in [6, 6.07) is 7.19. The average molecular weight is 196 g/mol.